The Bertz CT molecular complexity index is 527. The molecule has 1 saturated heterocycles. The summed E-state index contributed by atoms with van der Waals surface area (Å²) in [5.74, 6) is 0.849. The molecule has 3 rings (SSSR count). The van der Waals surface area contributed by atoms with Crippen LogP contribution in [-0.4, -0.2) is 68.0 Å². The number of anilines is 2. The summed E-state index contributed by atoms with van der Waals surface area (Å²) >= 11 is 0. The smallest absolute Gasteiger partial charge is 0.198 e. The molecule has 1 fully saturated rings. The number of rotatable bonds is 4. The molecule has 2 aliphatic rings. The maximum Gasteiger partial charge on any atom is 0.198 e. The van der Waals surface area contributed by atoms with Gasteiger partial charge in [-0.3, -0.25) is 4.99 Å². The highest BCUT2D eigenvalue weighted by atomic mass is 16.5. The minimum absolute atomic E-state index is 0.361. The number of nitrogens with one attached hydrogen (secondary N) is 1. The second-order valence-corrected chi connectivity index (χ2v) is 5.74. The second-order valence-electron chi connectivity index (χ2n) is 5.74. The summed E-state index contributed by atoms with van der Waals surface area (Å²) in [4.78, 5) is 8.96. The van der Waals surface area contributed by atoms with E-state index in [4.69, 9.17) is 4.74 Å². The average Bonchev–Trinajstić information content (AvgIpc) is 2.95. The first-order valence-corrected chi connectivity index (χ1v) is 7.90. The fourth-order valence-electron chi connectivity index (χ4n) is 2.88. The van der Waals surface area contributed by atoms with Gasteiger partial charge in [0.1, 0.15) is 0 Å². The third-order valence-electron chi connectivity index (χ3n) is 3.92. The zero-order valence-electron chi connectivity index (χ0n) is 13.0. The van der Waals surface area contributed by atoms with Crippen molar-refractivity contribution in [2.75, 3.05) is 56.2 Å². The van der Waals surface area contributed by atoms with Gasteiger partial charge >= 0.3 is 0 Å². The topological polar surface area (TPSA) is 60.3 Å². The molecule has 0 bridgehead atoms. The van der Waals surface area contributed by atoms with Gasteiger partial charge in [-0.2, -0.15) is 0 Å². The van der Waals surface area contributed by atoms with Gasteiger partial charge in [-0.1, -0.05) is 12.1 Å². The molecule has 6 heteroatoms. The number of benzene rings is 1. The van der Waals surface area contributed by atoms with Gasteiger partial charge < -0.3 is 25.0 Å². The molecule has 0 aromatic heterocycles. The quantitative estimate of drug-likeness (QED) is 0.868. The largest absolute Gasteiger partial charge is 0.392 e. The number of morpholine rings is 1. The molecule has 2 aliphatic heterocycles. The third kappa shape index (κ3) is 3.51. The van der Waals surface area contributed by atoms with Crippen LogP contribution in [0.4, 0.5) is 11.4 Å². The van der Waals surface area contributed by atoms with Crippen LogP contribution in [0.1, 0.15) is 6.92 Å². The van der Waals surface area contributed by atoms with E-state index in [1.54, 1.807) is 6.92 Å². The Labute approximate surface area is 131 Å². The zero-order valence-corrected chi connectivity index (χ0v) is 13.0. The monoisotopic (exact) mass is 304 g/mol. The van der Waals surface area contributed by atoms with Crippen molar-refractivity contribution >= 4 is 17.3 Å². The first-order valence-electron chi connectivity index (χ1n) is 7.90. The van der Waals surface area contributed by atoms with E-state index in [0.29, 0.717) is 6.54 Å². The molecule has 2 N–H and O–H groups in total. The maximum atomic E-state index is 9.61. The Morgan fingerprint density at radius 2 is 2.05 bits per heavy atom. The SMILES string of the molecule is CC(O)CN1CCN=C1Nc1ccccc1N1CCOCC1. The van der Waals surface area contributed by atoms with Crippen molar-refractivity contribution in [1.82, 2.24) is 4.90 Å². The van der Waals surface area contributed by atoms with Crippen LogP contribution in [0.5, 0.6) is 0 Å². The summed E-state index contributed by atoms with van der Waals surface area (Å²) < 4.78 is 5.43. The van der Waals surface area contributed by atoms with Gasteiger partial charge in [0, 0.05) is 26.2 Å². The molecule has 1 atom stereocenters. The highest BCUT2D eigenvalue weighted by Gasteiger charge is 2.21. The van der Waals surface area contributed by atoms with Crippen molar-refractivity contribution < 1.29 is 9.84 Å². The van der Waals surface area contributed by atoms with Gasteiger partial charge in [-0.05, 0) is 19.1 Å². The maximum absolute atomic E-state index is 9.61. The van der Waals surface area contributed by atoms with Gasteiger partial charge in [0.2, 0.25) is 0 Å². The van der Waals surface area contributed by atoms with Crippen LogP contribution in [-0.2, 0) is 4.74 Å². The predicted octanol–water partition coefficient (Wildman–Crippen LogP) is 0.987. The molecule has 120 valence electrons. The normalized spacial score (nSPS) is 20.0. The van der Waals surface area contributed by atoms with Crippen LogP contribution in [0.2, 0.25) is 0 Å². The van der Waals surface area contributed by atoms with Crippen LogP contribution < -0.4 is 10.2 Å². The lowest BCUT2D eigenvalue weighted by Gasteiger charge is -2.31. The minimum atomic E-state index is -0.361. The van der Waals surface area contributed by atoms with Gasteiger partial charge in [-0.25, -0.2) is 0 Å². The summed E-state index contributed by atoms with van der Waals surface area (Å²) in [6.07, 6.45) is -0.361. The first-order chi connectivity index (χ1) is 10.7. The van der Waals surface area contributed by atoms with Crippen molar-refractivity contribution in [3.05, 3.63) is 24.3 Å². The van der Waals surface area contributed by atoms with E-state index in [2.05, 4.69) is 38.3 Å². The molecule has 0 saturated carbocycles. The molecule has 0 aliphatic carbocycles. The molecular formula is C16H24N4O2. The number of nitrogens with zero attached hydrogens (tertiary/aromatic N) is 3. The Kier molecular flexibility index (Phi) is 4.80. The molecule has 0 amide bonds. The number of aliphatic imine (C=N–C) groups is 1. The van der Waals surface area contributed by atoms with E-state index in [0.717, 1.165) is 51.0 Å². The molecule has 1 unspecified atom stereocenters. The Morgan fingerprint density at radius 1 is 1.27 bits per heavy atom. The van der Waals surface area contributed by atoms with Crippen molar-refractivity contribution in [2.45, 2.75) is 13.0 Å². The van der Waals surface area contributed by atoms with E-state index in [1.165, 1.54) is 5.69 Å². The number of aliphatic hydroxyl groups is 1. The molecule has 22 heavy (non-hydrogen) atoms. The van der Waals surface area contributed by atoms with Crippen LogP contribution in [0.15, 0.2) is 29.3 Å². The van der Waals surface area contributed by atoms with Crippen LogP contribution in [0.25, 0.3) is 0 Å². The fraction of sp³-hybridized carbons (Fsp3) is 0.562. The third-order valence-corrected chi connectivity index (χ3v) is 3.92. The molecule has 0 spiro atoms. The van der Waals surface area contributed by atoms with Crippen LogP contribution in [0.3, 0.4) is 0 Å². The average molecular weight is 304 g/mol. The summed E-state index contributed by atoms with van der Waals surface area (Å²) in [5, 5.41) is 13.1. The number of ether oxygens (including phenoxy) is 1. The second kappa shape index (κ2) is 6.98. The van der Waals surface area contributed by atoms with E-state index >= 15 is 0 Å². The highest BCUT2D eigenvalue weighted by molar-refractivity contribution is 5.97. The number of para-hydroxylation sites is 2. The first kappa shape index (κ1) is 15.1. The van der Waals surface area contributed by atoms with E-state index in [1.807, 2.05) is 6.07 Å². The lowest BCUT2D eigenvalue weighted by Crippen LogP contribution is -2.39. The van der Waals surface area contributed by atoms with Crippen molar-refractivity contribution in [3.8, 4) is 0 Å². The number of hydrogen-bond acceptors (Lipinski definition) is 6. The fourth-order valence-corrected chi connectivity index (χ4v) is 2.88. The zero-order chi connectivity index (χ0) is 15.4. The Hall–Kier alpha value is -1.79. The molecule has 6 nitrogen and oxygen atoms in total. The van der Waals surface area contributed by atoms with Crippen molar-refractivity contribution in [2.24, 2.45) is 4.99 Å². The van der Waals surface area contributed by atoms with E-state index < -0.39 is 0 Å². The van der Waals surface area contributed by atoms with Gasteiger partial charge in [0.25, 0.3) is 0 Å². The highest BCUT2D eigenvalue weighted by Crippen LogP contribution is 2.27. The lowest BCUT2D eigenvalue weighted by atomic mass is 10.2. The summed E-state index contributed by atoms with van der Waals surface area (Å²) in [5.41, 5.74) is 2.23. The van der Waals surface area contributed by atoms with Crippen LogP contribution in [0, 0.1) is 0 Å². The summed E-state index contributed by atoms with van der Waals surface area (Å²) in [7, 11) is 0. The summed E-state index contributed by atoms with van der Waals surface area (Å²) in [6, 6.07) is 8.29. The Balaban J connectivity index is 1.74. The molecule has 2 heterocycles. The van der Waals surface area contributed by atoms with Crippen molar-refractivity contribution in [1.29, 1.82) is 0 Å². The van der Waals surface area contributed by atoms with E-state index in [9.17, 15) is 5.11 Å². The Morgan fingerprint density at radius 3 is 2.82 bits per heavy atom. The lowest BCUT2D eigenvalue weighted by molar-refractivity contribution is 0.123. The van der Waals surface area contributed by atoms with Gasteiger partial charge in [0.05, 0.1) is 37.2 Å². The number of guanidine groups is 1. The minimum Gasteiger partial charge on any atom is -0.392 e. The molecule has 0 radical (unpaired) electrons. The number of hydrogen-bond donors (Lipinski definition) is 2. The molecule has 1 aromatic rings. The standard InChI is InChI=1S/C16H24N4O2/c1-13(21)12-20-7-6-17-16(20)18-14-4-2-3-5-15(14)19-8-10-22-11-9-19/h2-5,13,21H,6-12H2,1H3,(H,17,18). The van der Waals surface area contributed by atoms with Crippen molar-refractivity contribution in [3.63, 3.8) is 0 Å². The molecule has 1 aromatic carbocycles. The molecular weight excluding hydrogens is 280 g/mol. The number of β-amino-alcohol motifs (C(OH)–C–C–N with tert-alkyl or cyclic N) is 1. The van der Waals surface area contributed by atoms with Crippen LogP contribution >= 0.6 is 0 Å². The van der Waals surface area contributed by atoms with Gasteiger partial charge in [0.15, 0.2) is 5.96 Å². The van der Waals surface area contributed by atoms with Gasteiger partial charge in [-0.15, -0.1) is 0 Å². The van der Waals surface area contributed by atoms with E-state index in [-0.39, 0.29) is 6.10 Å². The number of aliphatic hydroxyl groups excluding tert-OH is 1. The summed E-state index contributed by atoms with van der Waals surface area (Å²) in [6.45, 7) is 7.38. The predicted molar refractivity (Wildman–Crippen MR) is 88.7 cm³/mol.